The van der Waals surface area contributed by atoms with Gasteiger partial charge in [0.05, 0.1) is 18.1 Å². The Kier molecular flexibility index (Phi) is 3.22. The number of aromatic nitrogens is 2. The van der Waals surface area contributed by atoms with E-state index in [9.17, 15) is 4.39 Å². The molecule has 102 valence electrons. The van der Waals surface area contributed by atoms with Gasteiger partial charge in [0.2, 0.25) is 0 Å². The van der Waals surface area contributed by atoms with Crippen LogP contribution in [-0.2, 0) is 0 Å². The second-order valence-electron chi connectivity index (χ2n) is 5.09. The molecule has 0 amide bonds. The maximum absolute atomic E-state index is 14.7. The van der Waals surface area contributed by atoms with Gasteiger partial charge >= 0.3 is 0 Å². The predicted molar refractivity (Wildman–Crippen MR) is 78.5 cm³/mol. The van der Waals surface area contributed by atoms with E-state index in [4.69, 9.17) is 5.73 Å². The lowest BCUT2D eigenvalue weighted by molar-refractivity contribution is 0.417. The summed E-state index contributed by atoms with van der Waals surface area (Å²) in [6, 6.07) is 3.76. The minimum Gasteiger partial charge on any atom is -0.382 e. The highest BCUT2D eigenvalue weighted by Gasteiger charge is 2.24. The Bertz CT molecular complexity index is 646. The molecule has 1 heterocycles. The predicted octanol–water partition coefficient (Wildman–Crippen LogP) is 3.78. The van der Waals surface area contributed by atoms with E-state index in [-0.39, 0.29) is 5.82 Å². The van der Waals surface area contributed by atoms with Gasteiger partial charge in [0.1, 0.15) is 11.6 Å². The monoisotopic (exact) mass is 269 g/mol. The number of halogens is 1. The molecule has 1 fully saturated rings. The number of anilines is 1. The molecule has 0 aliphatic heterocycles. The smallest absolute Gasteiger partial charge is 0.141 e. The second-order valence-corrected chi connectivity index (χ2v) is 5.09. The van der Waals surface area contributed by atoms with Crippen LogP contribution < -0.4 is 5.73 Å². The third-order valence-corrected chi connectivity index (χ3v) is 3.91. The Balaban J connectivity index is 2.08. The number of benzene rings is 1. The topological polar surface area (TPSA) is 51.8 Å². The van der Waals surface area contributed by atoms with Crippen molar-refractivity contribution in [3.05, 3.63) is 48.0 Å². The Morgan fingerprint density at radius 2 is 2.05 bits per heavy atom. The minimum absolute atomic E-state index is 0.275. The quantitative estimate of drug-likeness (QED) is 0.922. The summed E-state index contributed by atoms with van der Waals surface area (Å²) in [4.78, 5) is 8.09. The lowest BCUT2D eigenvalue weighted by Crippen LogP contribution is -2.11. The van der Waals surface area contributed by atoms with Gasteiger partial charge in [-0.25, -0.2) is 9.37 Å². The van der Waals surface area contributed by atoms with E-state index in [1.807, 2.05) is 6.07 Å². The van der Waals surface area contributed by atoms with E-state index in [0.29, 0.717) is 28.6 Å². The van der Waals surface area contributed by atoms with Gasteiger partial charge in [-0.05, 0) is 30.4 Å². The highest BCUT2D eigenvalue weighted by molar-refractivity contribution is 5.67. The molecule has 3 rings (SSSR count). The van der Waals surface area contributed by atoms with Gasteiger partial charge in [-0.2, -0.15) is 0 Å². The zero-order valence-electron chi connectivity index (χ0n) is 11.1. The Labute approximate surface area is 117 Å². The fraction of sp³-hybridized carbons (Fsp3) is 0.250. The summed E-state index contributed by atoms with van der Waals surface area (Å²) in [6.45, 7) is 3.75. The van der Waals surface area contributed by atoms with Crippen LogP contribution in [0.2, 0.25) is 0 Å². The highest BCUT2D eigenvalue weighted by Crippen LogP contribution is 2.40. The van der Waals surface area contributed by atoms with Crippen LogP contribution in [0.15, 0.2) is 31.1 Å². The van der Waals surface area contributed by atoms with Crippen LogP contribution in [0.5, 0.6) is 0 Å². The first-order valence-corrected chi connectivity index (χ1v) is 6.73. The molecule has 0 bridgehead atoms. The number of rotatable bonds is 3. The summed E-state index contributed by atoms with van der Waals surface area (Å²) in [5.74, 6) is 0.511. The van der Waals surface area contributed by atoms with E-state index in [0.717, 1.165) is 18.4 Å². The molecule has 0 radical (unpaired) electrons. The van der Waals surface area contributed by atoms with Crippen LogP contribution in [0.3, 0.4) is 0 Å². The van der Waals surface area contributed by atoms with Gasteiger partial charge in [-0.15, -0.1) is 0 Å². The van der Waals surface area contributed by atoms with Crippen molar-refractivity contribution in [3.63, 3.8) is 0 Å². The number of hydrogen-bond donors (Lipinski definition) is 1. The molecule has 0 saturated heterocycles. The third kappa shape index (κ3) is 2.07. The maximum atomic E-state index is 14.7. The molecule has 2 aromatic rings. The van der Waals surface area contributed by atoms with Crippen LogP contribution in [0.1, 0.15) is 36.3 Å². The average Bonchev–Trinajstić information content (AvgIpc) is 2.39. The van der Waals surface area contributed by atoms with Gasteiger partial charge in [-0.3, -0.25) is 4.98 Å². The number of hydrogen-bond acceptors (Lipinski definition) is 3. The summed E-state index contributed by atoms with van der Waals surface area (Å²) in [6.07, 6.45) is 7.99. The first-order valence-electron chi connectivity index (χ1n) is 6.73. The molecule has 2 N–H and O–H groups in total. The summed E-state index contributed by atoms with van der Waals surface area (Å²) in [5, 5.41) is 0. The molecule has 4 heteroatoms. The molecule has 3 nitrogen and oxygen atoms in total. The zero-order chi connectivity index (χ0) is 14.1. The number of nitrogen functional groups attached to an aromatic ring is 1. The van der Waals surface area contributed by atoms with Crippen LogP contribution in [-0.4, -0.2) is 9.97 Å². The number of nitrogens with two attached hydrogens (primary N) is 1. The van der Waals surface area contributed by atoms with Gasteiger partial charge in [0.15, 0.2) is 0 Å². The molecule has 1 aromatic heterocycles. The molecular formula is C16H16FN3. The normalized spacial score (nSPS) is 14.8. The fourth-order valence-electron chi connectivity index (χ4n) is 2.57. The molecule has 20 heavy (non-hydrogen) atoms. The zero-order valence-corrected chi connectivity index (χ0v) is 11.1. The van der Waals surface area contributed by atoms with Crippen molar-refractivity contribution in [1.29, 1.82) is 0 Å². The van der Waals surface area contributed by atoms with Gasteiger partial charge in [0, 0.05) is 11.1 Å². The van der Waals surface area contributed by atoms with E-state index in [1.54, 1.807) is 12.1 Å². The van der Waals surface area contributed by atoms with Gasteiger partial charge in [0.25, 0.3) is 0 Å². The second kappa shape index (κ2) is 5.04. The molecular weight excluding hydrogens is 253 g/mol. The third-order valence-electron chi connectivity index (χ3n) is 3.91. The Morgan fingerprint density at radius 3 is 2.60 bits per heavy atom. The number of nitrogens with zero attached hydrogens (tertiary/aromatic N) is 2. The van der Waals surface area contributed by atoms with Gasteiger partial charge in [-0.1, -0.05) is 25.1 Å². The summed E-state index contributed by atoms with van der Waals surface area (Å²) < 4.78 is 14.7. The highest BCUT2D eigenvalue weighted by atomic mass is 19.1. The lowest BCUT2D eigenvalue weighted by Gasteiger charge is -2.28. The Morgan fingerprint density at radius 1 is 1.25 bits per heavy atom. The van der Waals surface area contributed by atoms with Crippen LogP contribution in [0, 0.1) is 5.82 Å². The van der Waals surface area contributed by atoms with Crippen molar-refractivity contribution in [2.24, 2.45) is 0 Å². The van der Waals surface area contributed by atoms with Gasteiger partial charge < -0.3 is 5.73 Å². The average molecular weight is 269 g/mol. The summed E-state index contributed by atoms with van der Waals surface area (Å²) in [5.41, 5.74) is 8.07. The fourth-order valence-corrected chi connectivity index (χ4v) is 2.57. The van der Waals surface area contributed by atoms with E-state index in [2.05, 4.69) is 16.5 Å². The lowest BCUT2D eigenvalue weighted by atomic mass is 9.77. The SMILES string of the molecule is C=Cc1c(C2CCC2)ccc(-c2cnc(N)cn2)c1F. The largest absolute Gasteiger partial charge is 0.382 e. The van der Waals surface area contributed by atoms with Crippen LogP contribution in [0.25, 0.3) is 17.3 Å². The molecule has 0 spiro atoms. The molecule has 0 unspecified atom stereocenters. The minimum atomic E-state index is -0.275. The summed E-state index contributed by atoms with van der Waals surface area (Å²) >= 11 is 0. The molecule has 1 aromatic carbocycles. The summed E-state index contributed by atoms with van der Waals surface area (Å²) in [7, 11) is 0. The first-order chi connectivity index (χ1) is 9.70. The van der Waals surface area contributed by atoms with Crippen molar-refractivity contribution in [3.8, 4) is 11.3 Å². The van der Waals surface area contributed by atoms with Crippen LogP contribution >= 0.6 is 0 Å². The van der Waals surface area contributed by atoms with E-state index in [1.165, 1.54) is 18.8 Å². The van der Waals surface area contributed by atoms with Crippen molar-refractivity contribution in [1.82, 2.24) is 9.97 Å². The van der Waals surface area contributed by atoms with Crippen molar-refractivity contribution in [2.75, 3.05) is 5.73 Å². The molecule has 1 aliphatic carbocycles. The van der Waals surface area contributed by atoms with Crippen molar-refractivity contribution < 1.29 is 4.39 Å². The van der Waals surface area contributed by atoms with Crippen molar-refractivity contribution >= 4 is 11.9 Å². The molecule has 1 aliphatic rings. The first kappa shape index (κ1) is 12.8. The standard InChI is InChI=1S/C16H16FN3/c1-2-11-12(10-4-3-5-10)6-7-13(16(11)17)14-8-20-15(18)9-19-14/h2,6-10H,1,3-5H2,(H2,18,20). The van der Waals surface area contributed by atoms with E-state index < -0.39 is 0 Å². The molecule has 1 saturated carbocycles. The molecule has 0 atom stereocenters. The maximum Gasteiger partial charge on any atom is 0.141 e. The Hall–Kier alpha value is -2.23. The van der Waals surface area contributed by atoms with E-state index >= 15 is 0 Å². The van der Waals surface area contributed by atoms with Crippen molar-refractivity contribution in [2.45, 2.75) is 25.2 Å². The van der Waals surface area contributed by atoms with Crippen LogP contribution in [0.4, 0.5) is 10.2 Å².